The monoisotopic (exact) mass is 700 g/mol. The number of carbonyl (C=O) groups is 2. The van der Waals surface area contributed by atoms with Crippen LogP contribution in [0.5, 0.6) is 11.6 Å². The van der Waals surface area contributed by atoms with Crippen LogP contribution in [0, 0.1) is 30.1 Å². The molecule has 1 aliphatic heterocycles. The van der Waals surface area contributed by atoms with Crippen LogP contribution in [-0.4, -0.2) is 40.3 Å². The summed E-state index contributed by atoms with van der Waals surface area (Å²) in [5.41, 5.74) is 6.06. The average Bonchev–Trinajstić information content (AvgIpc) is 3.52. The lowest BCUT2D eigenvalue weighted by Crippen LogP contribution is -2.48. The lowest BCUT2D eigenvalue weighted by Gasteiger charge is -2.56. The number of rotatable bonds is 8. The highest BCUT2D eigenvalue weighted by atomic mass is 32.1. The predicted octanol–water partition coefficient (Wildman–Crippen LogP) is 9.13. The maximum atomic E-state index is 13.6. The van der Waals surface area contributed by atoms with E-state index in [9.17, 15) is 14.7 Å². The Kier molecular flexibility index (Phi) is 7.94. The van der Waals surface area contributed by atoms with Gasteiger partial charge in [0.25, 0.3) is 5.91 Å². The Balaban J connectivity index is 0.963. The Morgan fingerprint density at radius 1 is 0.922 bits per heavy atom. The summed E-state index contributed by atoms with van der Waals surface area (Å²) in [6.07, 6.45) is 7.30. The average molecular weight is 701 g/mol. The van der Waals surface area contributed by atoms with Gasteiger partial charge in [-0.15, -0.1) is 0 Å². The van der Waals surface area contributed by atoms with E-state index < -0.39 is 6.16 Å². The first kappa shape index (κ1) is 32.0. The van der Waals surface area contributed by atoms with Crippen LogP contribution in [0.4, 0.5) is 15.7 Å². The summed E-state index contributed by atoms with van der Waals surface area (Å²) in [6, 6.07) is 23.3. The number of nitrogens with zero attached hydrogens (tertiary/aromatic N) is 3. The highest BCUT2D eigenvalue weighted by molar-refractivity contribution is 7.22. The van der Waals surface area contributed by atoms with Crippen LogP contribution in [0.2, 0.25) is 0 Å². The number of pyridine rings is 1. The summed E-state index contributed by atoms with van der Waals surface area (Å²) in [5, 5.41) is 13.3. The fourth-order valence-electron chi connectivity index (χ4n) is 9.81. The smallest absolute Gasteiger partial charge is 0.493 e. The molecular weight excluding hydrogens is 661 g/mol. The van der Waals surface area contributed by atoms with Crippen molar-refractivity contribution in [1.82, 2.24) is 9.97 Å². The van der Waals surface area contributed by atoms with Crippen LogP contribution in [-0.2, 0) is 13.0 Å². The zero-order valence-electron chi connectivity index (χ0n) is 28.6. The summed E-state index contributed by atoms with van der Waals surface area (Å²) in [7, 11) is 0. The van der Waals surface area contributed by atoms with Gasteiger partial charge in [-0.3, -0.25) is 10.1 Å². The standard InChI is InChI=1S/C41H40N4O5S/c1-24-29(7-5-10-34(24)49-23-41-19-25-16-26(20-41)18-27(17-25)21-41)31-12-13-36(43-38(31)50-40(47)48)45-15-14-28-6-4-8-30(32(28)22-45)37(46)44-39-42-33-9-2-3-11-35(33)51-39/h2-13,25-27H,14-23H2,1H3,(H,47,48)(H,42,44,46). The molecule has 2 N–H and O–H groups in total. The number of amides is 1. The van der Waals surface area contributed by atoms with E-state index in [0.29, 0.717) is 41.6 Å². The van der Waals surface area contributed by atoms with Gasteiger partial charge in [-0.1, -0.05) is 47.7 Å². The second kappa shape index (κ2) is 12.7. The number of thiazole rings is 1. The second-order valence-electron chi connectivity index (χ2n) is 15.1. The van der Waals surface area contributed by atoms with E-state index in [1.54, 1.807) is 0 Å². The van der Waals surface area contributed by atoms with Crippen molar-refractivity contribution in [2.45, 2.75) is 58.4 Å². The molecule has 4 aliphatic carbocycles. The molecule has 4 bridgehead atoms. The van der Waals surface area contributed by atoms with Crippen molar-refractivity contribution in [3.63, 3.8) is 0 Å². The summed E-state index contributed by atoms with van der Waals surface area (Å²) in [6.45, 7) is 3.84. The molecule has 3 heterocycles. The van der Waals surface area contributed by atoms with Gasteiger partial charge >= 0.3 is 6.16 Å². The molecule has 260 valence electrons. The molecule has 5 aliphatic rings. The molecule has 10 rings (SSSR count). The van der Waals surface area contributed by atoms with E-state index in [2.05, 4.69) is 21.3 Å². The SMILES string of the molecule is Cc1c(OCC23CC4CC(CC(C4)C2)C3)cccc1-c1ccc(N2CCc3cccc(C(=O)Nc4nc5ccccc5s4)c3C2)nc1OC(=O)O. The van der Waals surface area contributed by atoms with Crippen molar-refractivity contribution in [3.8, 4) is 22.8 Å². The van der Waals surface area contributed by atoms with Crippen LogP contribution in [0.3, 0.4) is 0 Å². The number of hydrogen-bond donors (Lipinski definition) is 2. The first-order chi connectivity index (χ1) is 24.8. The fraction of sp³-hybridized carbons (Fsp3) is 0.366. The maximum absolute atomic E-state index is 13.6. The van der Waals surface area contributed by atoms with Gasteiger partial charge in [-0.05, 0) is 128 Å². The molecule has 0 radical (unpaired) electrons. The Hall–Kier alpha value is -4.96. The van der Waals surface area contributed by atoms with E-state index in [1.165, 1.54) is 49.9 Å². The zero-order valence-corrected chi connectivity index (χ0v) is 29.4. The number of fused-ring (bicyclic) bond motifs is 2. The summed E-state index contributed by atoms with van der Waals surface area (Å²) >= 11 is 1.44. The van der Waals surface area contributed by atoms with Gasteiger partial charge in [0.15, 0.2) is 5.13 Å². The number of carboxylic acid groups (broad SMARTS) is 1. The molecule has 5 aromatic rings. The van der Waals surface area contributed by atoms with Gasteiger partial charge < -0.3 is 19.5 Å². The van der Waals surface area contributed by atoms with Gasteiger partial charge in [0.1, 0.15) is 11.6 Å². The first-order valence-electron chi connectivity index (χ1n) is 18.0. The Bertz CT molecular complexity index is 2110. The van der Waals surface area contributed by atoms with Crippen LogP contribution in [0.1, 0.15) is 65.6 Å². The number of carbonyl (C=O) groups excluding carboxylic acids is 1. The Morgan fingerprint density at radius 2 is 1.69 bits per heavy atom. The van der Waals surface area contributed by atoms with Gasteiger partial charge in [-0.25, -0.2) is 9.78 Å². The lowest BCUT2D eigenvalue weighted by atomic mass is 9.50. The van der Waals surface area contributed by atoms with Gasteiger partial charge in [0.2, 0.25) is 5.88 Å². The second-order valence-corrected chi connectivity index (χ2v) is 16.1. The van der Waals surface area contributed by atoms with Crippen molar-refractivity contribution in [2.75, 3.05) is 23.4 Å². The molecule has 9 nitrogen and oxygen atoms in total. The summed E-state index contributed by atoms with van der Waals surface area (Å²) in [5.74, 6) is 3.77. The predicted molar refractivity (Wildman–Crippen MR) is 198 cm³/mol. The molecule has 4 saturated carbocycles. The number of ether oxygens (including phenoxy) is 2. The van der Waals surface area contributed by atoms with E-state index in [4.69, 9.17) is 14.5 Å². The van der Waals surface area contributed by atoms with Crippen molar-refractivity contribution in [2.24, 2.45) is 23.2 Å². The third-order valence-corrected chi connectivity index (χ3v) is 12.6. The molecule has 0 saturated heterocycles. The van der Waals surface area contributed by atoms with Gasteiger partial charge in [0.05, 0.1) is 16.8 Å². The summed E-state index contributed by atoms with van der Waals surface area (Å²) < 4.78 is 13.0. The van der Waals surface area contributed by atoms with Crippen molar-refractivity contribution in [3.05, 3.63) is 95.1 Å². The molecule has 51 heavy (non-hydrogen) atoms. The van der Waals surface area contributed by atoms with Gasteiger partial charge in [0, 0.05) is 29.6 Å². The number of aromatic nitrogens is 2. The van der Waals surface area contributed by atoms with Crippen molar-refractivity contribution < 1.29 is 24.2 Å². The zero-order chi connectivity index (χ0) is 34.7. The van der Waals surface area contributed by atoms with Crippen LogP contribution >= 0.6 is 11.3 Å². The minimum absolute atomic E-state index is 0.0222. The molecule has 2 aromatic heterocycles. The normalized spacial score (nSPS) is 23.2. The molecular formula is C41H40N4O5S. The molecule has 0 spiro atoms. The molecule has 10 heteroatoms. The largest absolute Gasteiger partial charge is 0.512 e. The maximum Gasteiger partial charge on any atom is 0.512 e. The molecule has 4 fully saturated rings. The number of nitrogens with one attached hydrogen (secondary N) is 1. The quantitative estimate of drug-likeness (QED) is 0.154. The van der Waals surface area contributed by atoms with Crippen LogP contribution < -0.4 is 19.7 Å². The minimum atomic E-state index is -1.43. The van der Waals surface area contributed by atoms with E-state index >= 15 is 0 Å². The molecule has 0 atom stereocenters. The summed E-state index contributed by atoms with van der Waals surface area (Å²) in [4.78, 5) is 36.9. The topological polar surface area (TPSA) is 114 Å². The third kappa shape index (κ3) is 6.09. The highest BCUT2D eigenvalue weighted by Crippen LogP contribution is 2.60. The number of hydrogen-bond acceptors (Lipinski definition) is 8. The fourth-order valence-corrected chi connectivity index (χ4v) is 10.7. The number of benzene rings is 3. The van der Waals surface area contributed by atoms with Crippen LogP contribution in [0.15, 0.2) is 72.8 Å². The van der Waals surface area contributed by atoms with Crippen molar-refractivity contribution >= 4 is 44.6 Å². The lowest BCUT2D eigenvalue weighted by molar-refractivity contribution is -0.0746. The van der Waals surface area contributed by atoms with Crippen LogP contribution in [0.25, 0.3) is 21.3 Å². The van der Waals surface area contributed by atoms with Gasteiger partial charge in [-0.2, -0.15) is 4.98 Å². The third-order valence-electron chi connectivity index (χ3n) is 11.7. The van der Waals surface area contributed by atoms with E-state index in [1.807, 2.05) is 73.7 Å². The highest BCUT2D eigenvalue weighted by Gasteiger charge is 2.51. The molecule has 3 aromatic carbocycles. The molecule has 0 unspecified atom stereocenters. The Morgan fingerprint density at radius 3 is 2.45 bits per heavy atom. The number of anilines is 2. The van der Waals surface area contributed by atoms with Crippen molar-refractivity contribution in [1.29, 1.82) is 0 Å². The minimum Gasteiger partial charge on any atom is -0.493 e. The molecule has 1 amide bonds. The van der Waals surface area contributed by atoms with E-state index in [0.717, 1.165) is 62.6 Å². The number of para-hydroxylation sites is 1. The first-order valence-corrected chi connectivity index (χ1v) is 18.8. The Labute approximate surface area is 300 Å². The van der Waals surface area contributed by atoms with E-state index in [-0.39, 0.29) is 17.2 Å².